The van der Waals surface area contributed by atoms with E-state index >= 15 is 0 Å². The lowest BCUT2D eigenvalue weighted by Gasteiger charge is -2.09. The predicted molar refractivity (Wildman–Crippen MR) is 70.4 cm³/mol. The van der Waals surface area contributed by atoms with Gasteiger partial charge in [-0.25, -0.2) is 8.42 Å². The maximum atomic E-state index is 11.8. The van der Waals surface area contributed by atoms with Gasteiger partial charge in [0.1, 0.15) is 5.00 Å². The van der Waals surface area contributed by atoms with Gasteiger partial charge >= 0.3 is 0 Å². The van der Waals surface area contributed by atoms with Crippen molar-refractivity contribution in [2.75, 3.05) is 23.6 Å². The summed E-state index contributed by atoms with van der Waals surface area (Å²) >= 11 is 4.68. The van der Waals surface area contributed by atoms with Crippen LogP contribution < -0.4 is 10.0 Å². The van der Waals surface area contributed by atoms with E-state index < -0.39 is 10.0 Å². The Morgan fingerprint density at radius 3 is 2.94 bits per heavy atom. The van der Waals surface area contributed by atoms with Gasteiger partial charge in [0.15, 0.2) is 0 Å². The molecule has 2 heterocycles. The van der Waals surface area contributed by atoms with Crippen LogP contribution in [0.25, 0.3) is 0 Å². The van der Waals surface area contributed by atoms with E-state index in [9.17, 15) is 8.42 Å². The highest BCUT2D eigenvalue weighted by Gasteiger charge is 2.22. The average Bonchev–Trinajstić information content (AvgIpc) is 2.76. The van der Waals surface area contributed by atoms with E-state index in [1.807, 2.05) is 6.07 Å². The number of hydrogen-bond acceptors (Lipinski definition) is 4. The average molecular weight is 325 g/mol. The summed E-state index contributed by atoms with van der Waals surface area (Å²) in [6, 6.07) is 3.60. The summed E-state index contributed by atoms with van der Waals surface area (Å²) in [5, 5.41) is 3.83. The van der Waals surface area contributed by atoms with Gasteiger partial charge in [0, 0.05) is 0 Å². The molecular formula is C9H13BrN2O2S2. The summed E-state index contributed by atoms with van der Waals surface area (Å²) in [6.07, 6.45) is 0.940. The lowest BCUT2D eigenvalue weighted by atomic mass is 10.2. The van der Waals surface area contributed by atoms with Gasteiger partial charge in [-0.3, -0.25) is 4.72 Å². The van der Waals surface area contributed by atoms with Crippen LogP contribution in [0.4, 0.5) is 5.00 Å². The number of thiophene rings is 1. The van der Waals surface area contributed by atoms with Crippen molar-refractivity contribution in [3.05, 3.63) is 15.9 Å². The molecule has 1 atom stereocenters. The molecule has 0 spiro atoms. The van der Waals surface area contributed by atoms with Crippen LogP contribution in [-0.2, 0) is 10.0 Å². The van der Waals surface area contributed by atoms with Crippen molar-refractivity contribution in [3.8, 4) is 0 Å². The topological polar surface area (TPSA) is 58.2 Å². The maximum Gasteiger partial charge on any atom is 0.233 e. The third-order valence-electron chi connectivity index (χ3n) is 2.45. The molecule has 0 saturated carbocycles. The highest BCUT2D eigenvalue weighted by Crippen LogP contribution is 2.27. The Bertz CT molecular complexity index is 452. The van der Waals surface area contributed by atoms with Crippen molar-refractivity contribution in [3.63, 3.8) is 0 Å². The van der Waals surface area contributed by atoms with Crippen molar-refractivity contribution in [1.82, 2.24) is 5.32 Å². The Labute approximate surface area is 108 Å². The van der Waals surface area contributed by atoms with E-state index in [4.69, 9.17) is 0 Å². The quantitative estimate of drug-likeness (QED) is 0.888. The van der Waals surface area contributed by atoms with Crippen LogP contribution in [0.3, 0.4) is 0 Å². The lowest BCUT2D eigenvalue weighted by Crippen LogP contribution is -2.23. The van der Waals surface area contributed by atoms with Gasteiger partial charge in [0.2, 0.25) is 10.0 Å². The van der Waals surface area contributed by atoms with Crippen LogP contribution in [0, 0.1) is 5.92 Å². The summed E-state index contributed by atoms with van der Waals surface area (Å²) in [5.74, 6) is 0.441. The monoisotopic (exact) mass is 324 g/mol. The molecule has 1 unspecified atom stereocenters. The lowest BCUT2D eigenvalue weighted by molar-refractivity contribution is 0.575. The summed E-state index contributed by atoms with van der Waals surface area (Å²) in [7, 11) is -3.21. The number of anilines is 1. The Morgan fingerprint density at radius 1 is 1.56 bits per heavy atom. The summed E-state index contributed by atoms with van der Waals surface area (Å²) in [6.45, 7) is 1.72. The minimum absolute atomic E-state index is 0.204. The van der Waals surface area contributed by atoms with E-state index in [0.717, 1.165) is 23.3 Å². The molecule has 2 N–H and O–H groups in total. The molecular weight excluding hydrogens is 312 g/mol. The first kappa shape index (κ1) is 12.3. The number of halogens is 1. The van der Waals surface area contributed by atoms with E-state index in [1.54, 1.807) is 6.07 Å². The van der Waals surface area contributed by atoms with Crippen LogP contribution >= 0.6 is 27.3 Å². The first-order chi connectivity index (χ1) is 7.55. The second kappa shape index (κ2) is 5.03. The van der Waals surface area contributed by atoms with Gasteiger partial charge in [-0.1, -0.05) is 0 Å². The van der Waals surface area contributed by atoms with E-state index in [0.29, 0.717) is 5.00 Å². The molecule has 1 aliphatic heterocycles. The number of nitrogens with one attached hydrogen (secondary N) is 2. The molecule has 1 aromatic rings. The van der Waals surface area contributed by atoms with Crippen LogP contribution in [0.2, 0.25) is 0 Å². The van der Waals surface area contributed by atoms with Gasteiger partial charge in [0.05, 0.1) is 9.54 Å². The molecule has 7 heteroatoms. The van der Waals surface area contributed by atoms with Gasteiger partial charge in [-0.15, -0.1) is 11.3 Å². The molecule has 1 aliphatic rings. The molecule has 1 aromatic heterocycles. The minimum Gasteiger partial charge on any atom is -0.316 e. The normalized spacial score (nSPS) is 21.2. The Balaban J connectivity index is 1.96. The second-order valence-corrected chi connectivity index (χ2v) is 8.08. The first-order valence-corrected chi connectivity index (χ1v) is 8.28. The maximum absolute atomic E-state index is 11.8. The van der Waals surface area contributed by atoms with Crippen molar-refractivity contribution >= 4 is 42.3 Å². The molecule has 4 nitrogen and oxygen atoms in total. The molecule has 2 rings (SSSR count). The van der Waals surface area contributed by atoms with E-state index in [2.05, 4.69) is 26.0 Å². The molecule has 0 radical (unpaired) electrons. The third kappa shape index (κ3) is 3.44. The van der Waals surface area contributed by atoms with Crippen LogP contribution in [-0.4, -0.2) is 27.3 Å². The zero-order chi connectivity index (χ0) is 11.6. The van der Waals surface area contributed by atoms with E-state index in [-0.39, 0.29) is 11.7 Å². The standard InChI is InChI=1S/C9H13BrN2O2S2/c10-8-1-2-9(15-8)12-16(13,14)6-7-3-4-11-5-7/h1-2,7,11-12H,3-6H2. The molecule has 90 valence electrons. The Kier molecular flexibility index (Phi) is 3.89. The highest BCUT2D eigenvalue weighted by molar-refractivity contribution is 9.11. The van der Waals surface area contributed by atoms with Gasteiger partial charge < -0.3 is 5.32 Å². The number of rotatable bonds is 4. The highest BCUT2D eigenvalue weighted by atomic mass is 79.9. The molecule has 0 aliphatic carbocycles. The molecule has 1 saturated heterocycles. The zero-order valence-electron chi connectivity index (χ0n) is 8.57. The molecule has 16 heavy (non-hydrogen) atoms. The molecule has 1 fully saturated rings. The van der Waals surface area contributed by atoms with Crippen molar-refractivity contribution in [1.29, 1.82) is 0 Å². The van der Waals surface area contributed by atoms with Crippen molar-refractivity contribution in [2.45, 2.75) is 6.42 Å². The van der Waals surface area contributed by atoms with Crippen molar-refractivity contribution < 1.29 is 8.42 Å². The predicted octanol–water partition coefficient (Wildman–Crippen LogP) is 1.86. The molecule has 0 bridgehead atoms. The van der Waals surface area contributed by atoms with Crippen LogP contribution in [0.1, 0.15) is 6.42 Å². The van der Waals surface area contributed by atoms with Gasteiger partial charge in [-0.05, 0) is 53.5 Å². The third-order valence-corrected chi connectivity index (χ3v) is 5.56. The largest absolute Gasteiger partial charge is 0.316 e. The fourth-order valence-electron chi connectivity index (χ4n) is 1.73. The minimum atomic E-state index is -3.21. The van der Waals surface area contributed by atoms with E-state index in [1.165, 1.54) is 11.3 Å². The van der Waals surface area contributed by atoms with Gasteiger partial charge in [0.25, 0.3) is 0 Å². The SMILES string of the molecule is O=S(=O)(CC1CCNC1)Nc1ccc(Br)s1. The fourth-order valence-corrected chi connectivity index (χ4v) is 4.78. The number of hydrogen-bond donors (Lipinski definition) is 2. The van der Waals surface area contributed by atoms with Crippen LogP contribution in [0.15, 0.2) is 15.9 Å². The molecule has 0 amide bonds. The first-order valence-electron chi connectivity index (χ1n) is 5.02. The van der Waals surface area contributed by atoms with Crippen molar-refractivity contribution in [2.24, 2.45) is 5.92 Å². The Morgan fingerprint density at radius 2 is 2.38 bits per heavy atom. The van der Waals surface area contributed by atoms with Crippen LogP contribution in [0.5, 0.6) is 0 Å². The zero-order valence-corrected chi connectivity index (χ0v) is 11.8. The fraction of sp³-hybridized carbons (Fsp3) is 0.556. The number of sulfonamides is 1. The smallest absolute Gasteiger partial charge is 0.233 e. The Hall–Kier alpha value is -0.110. The molecule has 0 aromatic carbocycles. The second-order valence-electron chi connectivity index (χ2n) is 3.85. The summed E-state index contributed by atoms with van der Waals surface area (Å²) in [4.78, 5) is 0. The summed E-state index contributed by atoms with van der Waals surface area (Å²) < 4.78 is 27.2. The summed E-state index contributed by atoms with van der Waals surface area (Å²) in [5.41, 5.74) is 0. The van der Waals surface area contributed by atoms with Gasteiger partial charge in [-0.2, -0.15) is 0 Å².